The molecular weight excluding hydrogens is 423 g/mol. The molecule has 2 heterocycles. The third-order valence-electron chi connectivity index (χ3n) is 5.00. The molecule has 2 nitrogen and oxygen atoms in total. The lowest BCUT2D eigenvalue weighted by Gasteiger charge is -2.24. The molecule has 5 heteroatoms. The van der Waals surface area contributed by atoms with Crippen molar-refractivity contribution in [2.75, 3.05) is 0 Å². The zero-order valence-electron chi connectivity index (χ0n) is 15.1. The molecule has 1 unspecified atom stereocenters. The van der Waals surface area contributed by atoms with Crippen LogP contribution in [0.25, 0.3) is 15.9 Å². The summed E-state index contributed by atoms with van der Waals surface area (Å²) in [4.78, 5) is 15.0. The van der Waals surface area contributed by atoms with E-state index in [4.69, 9.17) is 27.6 Å². The van der Waals surface area contributed by atoms with Gasteiger partial charge >= 0.3 is 5.63 Å². The van der Waals surface area contributed by atoms with E-state index in [2.05, 4.69) is 6.08 Å². The topological polar surface area (TPSA) is 30.2 Å². The molecule has 0 aliphatic carbocycles. The van der Waals surface area contributed by atoms with Crippen molar-refractivity contribution in [3.8, 4) is 0 Å². The minimum absolute atomic E-state index is 0.227. The summed E-state index contributed by atoms with van der Waals surface area (Å²) in [5.41, 5.74) is 2.99. The molecule has 1 aromatic heterocycles. The first-order valence-corrected chi connectivity index (χ1v) is 10.6. The third kappa shape index (κ3) is 3.40. The molecule has 29 heavy (non-hydrogen) atoms. The van der Waals surface area contributed by atoms with Gasteiger partial charge in [-0.25, -0.2) is 4.79 Å². The summed E-state index contributed by atoms with van der Waals surface area (Å²) in [6.07, 6.45) is 2.12. The SMILES string of the molecule is O=c1oc2ccccc2c2c1C(c1ccc(Cl)cc1)C=C(c1ccc(Cl)cc1)S2. The van der Waals surface area contributed by atoms with Gasteiger partial charge < -0.3 is 4.42 Å². The van der Waals surface area contributed by atoms with E-state index in [1.54, 1.807) is 11.8 Å². The highest BCUT2D eigenvalue weighted by atomic mass is 35.5. The van der Waals surface area contributed by atoms with E-state index in [9.17, 15) is 4.79 Å². The van der Waals surface area contributed by atoms with Gasteiger partial charge in [0.25, 0.3) is 0 Å². The van der Waals surface area contributed by atoms with Gasteiger partial charge in [0.05, 0.1) is 5.56 Å². The van der Waals surface area contributed by atoms with Crippen LogP contribution in [-0.4, -0.2) is 0 Å². The van der Waals surface area contributed by atoms with Crippen molar-refractivity contribution < 1.29 is 4.42 Å². The minimum Gasteiger partial charge on any atom is -0.422 e. The molecule has 3 aromatic carbocycles. The summed E-state index contributed by atoms with van der Waals surface area (Å²) in [6.45, 7) is 0. The predicted octanol–water partition coefficient (Wildman–Crippen LogP) is 7.38. The molecule has 0 bridgehead atoms. The summed E-state index contributed by atoms with van der Waals surface area (Å²) in [5, 5.41) is 2.29. The van der Waals surface area contributed by atoms with Crippen molar-refractivity contribution in [2.24, 2.45) is 0 Å². The number of para-hydroxylation sites is 1. The lowest BCUT2D eigenvalue weighted by molar-refractivity contribution is 0.544. The molecule has 0 radical (unpaired) electrons. The van der Waals surface area contributed by atoms with Crippen LogP contribution in [0.15, 0.2) is 93.0 Å². The Balaban J connectivity index is 1.77. The number of hydrogen-bond acceptors (Lipinski definition) is 3. The van der Waals surface area contributed by atoms with Crippen molar-refractivity contribution in [1.82, 2.24) is 0 Å². The van der Waals surface area contributed by atoms with E-state index >= 15 is 0 Å². The predicted molar refractivity (Wildman–Crippen MR) is 121 cm³/mol. The van der Waals surface area contributed by atoms with E-state index < -0.39 is 0 Å². The number of hydrogen-bond donors (Lipinski definition) is 0. The Morgan fingerprint density at radius 2 is 1.48 bits per heavy atom. The van der Waals surface area contributed by atoms with Gasteiger partial charge in [-0.05, 0) is 41.5 Å². The van der Waals surface area contributed by atoms with E-state index in [0.717, 1.165) is 26.3 Å². The van der Waals surface area contributed by atoms with Gasteiger partial charge in [-0.3, -0.25) is 0 Å². The number of thioether (sulfide) groups is 1. The lowest BCUT2D eigenvalue weighted by atomic mass is 9.90. The largest absolute Gasteiger partial charge is 0.422 e. The third-order valence-corrected chi connectivity index (χ3v) is 6.74. The van der Waals surface area contributed by atoms with Gasteiger partial charge in [-0.1, -0.05) is 83.5 Å². The maximum absolute atomic E-state index is 13.0. The molecule has 5 rings (SSSR count). The Morgan fingerprint density at radius 1 is 0.828 bits per heavy atom. The highest BCUT2D eigenvalue weighted by Crippen LogP contribution is 2.48. The van der Waals surface area contributed by atoms with Crippen molar-refractivity contribution in [2.45, 2.75) is 10.8 Å². The van der Waals surface area contributed by atoms with Crippen LogP contribution in [0, 0.1) is 0 Å². The van der Waals surface area contributed by atoms with E-state index in [1.165, 1.54) is 0 Å². The summed E-state index contributed by atoms with van der Waals surface area (Å²) >= 11 is 13.8. The second kappa shape index (κ2) is 7.42. The first kappa shape index (κ1) is 18.6. The second-order valence-corrected chi connectivity index (χ2v) is 8.72. The van der Waals surface area contributed by atoms with E-state index in [-0.39, 0.29) is 11.5 Å². The molecule has 0 spiro atoms. The van der Waals surface area contributed by atoms with Gasteiger partial charge in [0.15, 0.2) is 0 Å². The van der Waals surface area contributed by atoms with Crippen LogP contribution in [0.3, 0.4) is 0 Å². The van der Waals surface area contributed by atoms with Crippen molar-refractivity contribution in [3.05, 3.63) is 116 Å². The second-order valence-electron chi connectivity index (χ2n) is 6.80. The molecule has 0 saturated heterocycles. The van der Waals surface area contributed by atoms with Gasteiger partial charge in [-0.2, -0.15) is 0 Å². The van der Waals surface area contributed by atoms with Crippen LogP contribution in [-0.2, 0) is 0 Å². The fourth-order valence-electron chi connectivity index (χ4n) is 3.60. The highest BCUT2D eigenvalue weighted by molar-refractivity contribution is 8.08. The first-order valence-electron chi connectivity index (χ1n) is 9.07. The highest BCUT2D eigenvalue weighted by Gasteiger charge is 2.29. The van der Waals surface area contributed by atoms with Crippen molar-refractivity contribution in [3.63, 3.8) is 0 Å². The fourth-order valence-corrected chi connectivity index (χ4v) is 5.12. The maximum atomic E-state index is 13.0. The molecule has 142 valence electrons. The smallest absolute Gasteiger partial charge is 0.341 e. The molecule has 0 amide bonds. The van der Waals surface area contributed by atoms with E-state index in [1.807, 2.05) is 72.8 Å². The van der Waals surface area contributed by atoms with Crippen LogP contribution in [0.2, 0.25) is 10.0 Å². The molecule has 1 atom stereocenters. The Bertz CT molecular complexity index is 1310. The molecule has 4 aromatic rings. The quantitative estimate of drug-likeness (QED) is 0.307. The van der Waals surface area contributed by atoms with Crippen LogP contribution in [0.4, 0.5) is 0 Å². The Hall–Kier alpha value is -2.46. The Morgan fingerprint density at radius 3 is 2.21 bits per heavy atom. The van der Waals surface area contributed by atoms with Crippen molar-refractivity contribution in [1.29, 1.82) is 0 Å². The van der Waals surface area contributed by atoms with Crippen LogP contribution >= 0.6 is 35.0 Å². The van der Waals surface area contributed by atoms with Crippen molar-refractivity contribution >= 4 is 50.8 Å². The lowest BCUT2D eigenvalue weighted by Crippen LogP contribution is -2.17. The summed E-state index contributed by atoms with van der Waals surface area (Å²) in [7, 11) is 0. The first-order chi connectivity index (χ1) is 14.1. The number of benzene rings is 3. The van der Waals surface area contributed by atoms with Gasteiger partial charge in [-0.15, -0.1) is 0 Å². The maximum Gasteiger partial charge on any atom is 0.341 e. The van der Waals surface area contributed by atoms with Crippen LogP contribution in [0.5, 0.6) is 0 Å². The standard InChI is InChI=1S/C24H14Cl2O2S/c25-16-9-5-14(6-10-16)19-13-21(15-7-11-17(26)12-8-15)29-23-18-3-1-2-4-20(18)28-24(27)22(19)23/h1-13,19H. The summed E-state index contributed by atoms with van der Waals surface area (Å²) < 4.78 is 5.65. The molecule has 1 aliphatic rings. The number of rotatable bonds is 2. The molecule has 1 aliphatic heterocycles. The summed E-state index contributed by atoms with van der Waals surface area (Å²) in [6, 6.07) is 23.0. The fraction of sp³-hybridized carbons (Fsp3) is 0.0417. The zero-order chi connectivity index (χ0) is 20.0. The van der Waals surface area contributed by atoms with Crippen LogP contribution < -0.4 is 5.63 Å². The monoisotopic (exact) mass is 436 g/mol. The van der Waals surface area contributed by atoms with Gasteiger partial charge in [0, 0.05) is 31.2 Å². The van der Waals surface area contributed by atoms with E-state index in [0.29, 0.717) is 21.2 Å². The number of halogens is 2. The van der Waals surface area contributed by atoms with Gasteiger partial charge in [0.2, 0.25) is 0 Å². The average Bonchev–Trinajstić information content (AvgIpc) is 2.74. The summed E-state index contributed by atoms with van der Waals surface area (Å²) in [5.74, 6) is -0.227. The molecule has 0 saturated carbocycles. The number of fused-ring (bicyclic) bond motifs is 3. The molecule has 0 N–H and O–H groups in total. The zero-order valence-corrected chi connectivity index (χ0v) is 17.4. The Kier molecular flexibility index (Phi) is 4.75. The van der Waals surface area contributed by atoms with Crippen LogP contribution in [0.1, 0.15) is 22.6 Å². The molecular formula is C24H14Cl2O2S. The minimum atomic E-state index is -0.308. The average molecular weight is 437 g/mol. The molecule has 0 fully saturated rings. The number of allylic oxidation sites excluding steroid dienone is 1. The van der Waals surface area contributed by atoms with Gasteiger partial charge in [0.1, 0.15) is 5.58 Å². The normalized spacial score (nSPS) is 15.8. The Labute approximate surface area is 181 Å².